The minimum Gasteiger partial charge on any atom is -0.339 e. The zero-order valence-corrected chi connectivity index (χ0v) is 13.6. The number of hydrogen-bond donors (Lipinski definition) is 1. The maximum absolute atomic E-state index is 5.45. The van der Waals surface area contributed by atoms with Gasteiger partial charge in [0.1, 0.15) is 0 Å². The van der Waals surface area contributed by atoms with Crippen LogP contribution in [-0.2, 0) is 6.42 Å². The van der Waals surface area contributed by atoms with Crippen LogP contribution in [0.3, 0.4) is 0 Å². The lowest BCUT2D eigenvalue weighted by Gasteiger charge is -2.17. The molecule has 1 fully saturated rings. The number of thioether (sulfide) groups is 2. The Hall–Kier alpha value is -0.980. The largest absolute Gasteiger partial charge is 0.339 e. The molecule has 1 aromatic carbocycles. The Bertz CT molecular complexity index is 555. The van der Waals surface area contributed by atoms with E-state index in [0.717, 1.165) is 18.0 Å². The van der Waals surface area contributed by atoms with E-state index in [0.29, 0.717) is 11.1 Å². The third kappa shape index (κ3) is 3.81. The van der Waals surface area contributed by atoms with Crippen LogP contribution in [0.5, 0.6) is 0 Å². The van der Waals surface area contributed by atoms with Gasteiger partial charge in [-0.2, -0.15) is 16.7 Å². The minimum absolute atomic E-state index is 0.202. The lowest BCUT2D eigenvalue weighted by atomic mass is 10.0. The van der Waals surface area contributed by atoms with E-state index in [2.05, 4.69) is 39.7 Å². The minimum atomic E-state index is 0.202. The van der Waals surface area contributed by atoms with Gasteiger partial charge in [0.15, 0.2) is 5.82 Å². The Balaban J connectivity index is 1.68. The monoisotopic (exact) mass is 321 g/mol. The maximum atomic E-state index is 5.45. The van der Waals surface area contributed by atoms with E-state index in [1.165, 1.54) is 17.1 Å². The molecule has 0 bridgehead atoms. The first-order valence-electron chi connectivity index (χ1n) is 7.11. The summed E-state index contributed by atoms with van der Waals surface area (Å²) in [5, 5.41) is 7.87. The van der Waals surface area contributed by atoms with Gasteiger partial charge in [-0.15, -0.1) is 11.8 Å². The summed E-state index contributed by atoms with van der Waals surface area (Å²) in [5.74, 6) is 5.04. The van der Waals surface area contributed by atoms with Crippen molar-refractivity contribution >= 4 is 23.5 Å². The molecular formula is C15H19N3OS2. The Morgan fingerprint density at radius 3 is 2.90 bits per heavy atom. The number of likely N-dealkylation sites (N-methyl/N-ethyl adjacent to an activating group) is 1. The fraction of sp³-hybridized carbons (Fsp3) is 0.467. The molecule has 0 radical (unpaired) electrons. The SMILES string of the molecule is CNC(Cc1nc(C2CSCCS2)no1)c1ccccc1. The van der Waals surface area contributed by atoms with E-state index in [9.17, 15) is 0 Å². The van der Waals surface area contributed by atoms with Gasteiger partial charge >= 0.3 is 0 Å². The van der Waals surface area contributed by atoms with Gasteiger partial charge in [-0.05, 0) is 12.6 Å². The Morgan fingerprint density at radius 1 is 1.33 bits per heavy atom. The van der Waals surface area contributed by atoms with Gasteiger partial charge in [0.2, 0.25) is 5.89 Å². The average Bonchev–Trinajstić information content (AvgIpc) is 3.03. The molecule has 1 aliphatic heterocycles. The van der Waals surface area contributed by atoms with Crippen LogP contribution in [0.15, 0.2) is 34.9 Å². The highest BCUT2D eigenvalue weighted by Gasteiger charge is 2.23. The molecule has 1 aliphatic rings. The van der Waals surface area contributed by atoms with E-state index < -0.39 is 0 Å². The highest BCUT2D eigenvalue weighted by atomic mass is 32.2. The molecule has 6 heteroatoms. The molecule has 1 N–H and O–H groups in total. The van der Waals surface area contributed by atoms with Crippen molar-refractivity contribution in [3.8, 4) is 0 Å². The normalized spacial score (nSPS) is 20.3. The predicted molar refractivity (Wildman–Crippen MR) is 88.8 cm³/mol. The van der Waals surface area contributed by atoms with Gasteiger partial charge in [-0.25, -0.2) is 0 Å². The zero-order chi connectivity index (χ0) is 14.5. The van der Waals surface area contributed by atoms with E-state index >= 15 is 0 Å². The van der Waals surface area contributed by atoms with E-state index in [4.69, 9.17) is 4.52 Å². The molecule has 2 heterocycles. The van der Waals surface area contributed by atoms with Crippen LogP contribution in [0.1, 0.15) is 28.6 Å². The van der Waals surface area contributed by atoms with Crippen LogP contribution in [0.25, 0.3) is 0 Å². The van der Waals surface area contributed by atoms with Crippen molar-refractivity contribution in [3.63, 3.8) is 0 Å². The molecule has 0 amide bonds. The van der Waals surface area contributed by atoms with Crippen molar-refractivity contribution in [2.75, 3.05) is 24.3 Å². The van der Waals surface area contributed by atoms with Crippen molar-refractivity contribution in [2.24, 2.45) is 0 Å². The Morgan fingerprint density at radius 2 is 2.19 bits per heavy atom. The van der Waals surface area contributed by atoms with E-state index in [1.807, 2.05) is 36.6 Å². The number of aromatic nitrogens is 2. The van der Waals surface area contributed by atoms with E-state index in [1.54, 1.807) is 0 Å². The van der Waals surface area contributed by atoms with Gasteiger partial charge in [0.25, 0.3) is 0 Å². The summed E-state index contributed by atoms with van der Waals surface area (Å²) in [4.78, 5) is 4.60. The van der Waals surface area contributed by atoms with Gasteiger partial charge in [0, 0.05) is 29.7 Å². The fourth-order valence-electron chi connectivity index (χ4n) is 2.37. The van der Waals surface area contributed by atoms with Crippen LogP contribution >= 0.6 is 23.5 Å². The highest BCUT2D eigenvalue weighted by Crippen LogP contribution is 2.35. The van der Waals surface area contributed by atoms with Crippen molar-refractivity contribution < 1.29 is 4.52 Å². The number of nitrogens with one attached hydrogen (secondary N) is 1. The molecule has 0 saturated carbocycles. The topological polar surface area (TPSA) is 51.0 Å². The van der Waals surface area contributed by atoms with Gasteiger partial charge in [0.05, 0.1) is 5.25 Å². The van der Waals surface area contributed by atoms with E-state index in [-0.39, 0.29) is 6.04 Å². The lowest BCUT2D eigenvalue weighted by Crippen LogP contribution is -2.19. The fourth-order valence-corrected chi connectivity index (χ4v) is 4.95. The number of benzene rings is 1. The molecule has 2 aromatic rings. The number of hydrogen-bond acceptors (Lipinski definition) is 6. The Kier molecular flexibility index (Phi) is 5.22. The highest BCUT2D eigenvalue weighted by molar-refractivity contribution is 8.06. The van der Waals surface area contributed by atoms with Crippen LogP contribution < -0.4 is 5.32 Å². The van der Waals surface area contributed by atoms with Crippen molar-refractivity contribution in [1.82, 2.24) is 15.5 Å². The molecule has 2 unspecified atom stereocenters. The molecule has 4 nitrogen and oxygen atoms in total. The number of rotatable bonds is 5. The van der Waals surface area contributed by atoms with Crippen LogP contribution in [0.4, 0.5) is 0 Å². The lowest BCUT2D eigenvalue weighted by molar-refractivity contribution is 0.358. The first-order chi connectivity index (χ1) is 10.4. The Labute approximate surface area is 133 Å². The van der Waals surface area contributed by atoms with Gasteiger partial charge in [-0.1, -0.05) is 35.5 Å². The second-order valence-corrected chi connectivity index (χ2v) is 7.40. The van der Waals surface area contributed by atoms with Crippen LogP contribution in [-0.4, -0.2) is 34.4 Å². The molecule has 0 spiro atoms. The van der Waals surface area contributed by atoms with Crippen molar-refractivity contribution in [1.29, 1.82) is 0 Å². The van der Waals surface area contributed by atoms with Gasteiger partial charge in [-0.3, -0.25) is 0 Å². The summed E-state index contributed by atoms with van der Waals surface area (Å²) in [6, 6.07) is 10.6. The summed E-state index contributed by atoms with van der Waals surface area (Å²) >= 11 is 3.90. The standard InChI is InChI=1S/C15H19N3OS2/c1-16-12(11-5-3-2-4-6-11)9-14-17-15(18-19-14)13-10-20-7-8-21-13/h2-6,12-13,16H,7-10H2,1H3. The third-order valence-corrected chi connectivity index (χ3v) is 6.27. The molecule has 1 aromatic heterocycles. The smallest absolute Gasteiger partial charge is 0.228 e. The summed E-state index contributed by atoms with van der Waals surface area (Å²) < 4.78 is 5.45. The molecule has 1 saturated heterocycles. The second kappa shape index (κ2) is 7.33. The zero-order valence-electron chi connectivity index (χ0n) is 12.0. The third-order valence-electron chi connectivity index (χ3n) is 3.52. The molecule has 0 aliphatic carbocycles. The second-order valence-electron chi connectivity index (χ2n) is 4.94. The summed E-state index contributed by atoms with van der Waals surface area (Å²) in [6.07, 6.45) is 0.720. The van der Waals surface area contributed by atoms with Crippen LogP contribution in [0.2, 0.25) is 0 Å². The summed E-state index contributed by atoms with van der Waals surface area (Å²) in [6.45, 7) is 0. The first-order valence-corrected chi connectivity index (χ1v) is 9.31. The predicted octanol–water partition coefficient (Wildman–Crippen LogP) is 3.09. The molecular weight excluding hydrogens is 302 g/mol. The maximum Gasteiger partial charge on any atom is 0.228 e. The molecule has 112 valence electrons. The molecule has 3 rings (SSSR count). The summed E-state index contributed by atoms with van der Waals surface area (Å²) in [5.41, 5.74) is 1.24. The average molecular weight is 321 g/mol. The van der Waals surface area contributed by atoms with Crippen LogP contribution in [0, 0.1) is 0 Å². The summed E-state index contributed by atoms with van der Waals surface area (Å²) in [7, 11) is 1.96. The van der Waals surface area contributed by atoms with Crippen molar-refractivity contribution in [2.45, 2.75) is 17.7 Å². The quantitative estimate of drug-likeness (QED) is 0.913. The van der Waals surface area contributed by atoms with Crippen molar-refractivity contribution in [3.05, 3.63) is 47.6 Å². The molecule has 21 heavy (non-hydrogen) atoms. The first kappa shape index (κ1) is 14.9. The molecule has 2 atom stereocenters. The van der Waals surface area contributed by atoms with Gasteiger partial charge < -0.3 is 9.84 Å². The number of nitrogens with zero attached hydrogens (tertiary/aromatic N) is 2.